The van der Waals surface area contributed by atoms with Crippen molar-refractivity contribution in [2.24, 2.45) is 0 Å². The molecule has 94 valence electrons. The van der Waals surface area contributed by atoms with E-state index in [-0.39, 0.29) is 5.56 Å². The molecule has 1 heterocycles. The second kappa shape index (κ2) is 4.67. The van der Waals surface area contributed by atoms with Crippen molar-refractivity contribution in [3.63, 3.8) is 0 Å². The van der Waals surface area contributed by atoms with E-state index in [0.717, 1.165) is 32.1 Å². The van der Waals surface area contributed by atoms with Gasteiger partial charge in [0.2, 0.25) is 0 Å². The molecular weight excluding hydrogens is 302 g/mol. The van der Waals surface area contributed by atoms with Crippen LogP contribution < -0.4 is 5.56 Å². The van der Waals surface area contributed by atoms with Gasteiger partial charge in [-0.1, -0.05) is 46.3 Å². The molecule has 19 heavy (non-hydrogen) atoms. The molecule has 0 saturated heterocycles. The normalized spacial score (nSPS) is 10.8. The van der Waals surface area contributed by atoms with Gasteiger partial charge in [0.1, 0.15) is 0 Å². The highest BCUT2D eigenvalue weighted by atomic mass is 79.9. The summed E-state index contributed by atoms with van der Waals surface area (Å²) in [6.07, 6.45) is 0. The molecule has 0 amide bonds. The van der Waals surface area contributed by atoms with Crippen LogP contribution in [-0.2, 0) is 0 Å². The van der Waals surface area contributed by atoms with Gasteiger partial charge in [-0.05, 0) is 41.6 Å². The molecular formula is C16H12BrNO. The topological polar surface area (TPSA) is 32.9 Å². The van der Waals surface area contributed by atoms with Crippen LogP contribution in [0.15, 0.2) is 57.8 Å². The number of pyridine rings is 1. The Labute approximate surface area is 119 Å². The van der Waals surface area contributed by atoms with Gasteiger partial charge in [-0.15, -0.1) is 0 Å². The Bertz CT molecular complexity index is 806. The maximum atomic E-state index is 12.2. The minimum atomic E-state index is -0.0491. The fourth-order valence-corrected chi connectivity index (χ4v) is 2.69. The van der Waals surface area contributed by atoms with Crippen molar-refractivity contribution >= 4 is 26.7 Å². The van der Waals surface area contributed by atoms with Gasteiger partial charge in [-0.3, -0.25) is 4.79 Å². The van der Waals surface area contributed by atoms with Crippen molar-refractivity contribution in [2.45, 2.75) is 6.92 Å². The van der Waals surface area contributed by atoms with Crippen LogP contribution in [0.1, 0.15) is 5.56 Å². The van der Waals surface area contributed by atoms with Crippen molar-refractivity contribution < 1.29 is 0 Å². The van der Waals surface area contributed by atoms with E-state index < -0.39 is 0 Å². The molecule has 0 aliphatic rings. The van der Waals surface area contributed by atoms with Crippen LogP contribution in [0.4, 0.5) is 0 Å². The van der Waals surface area contributed by atoms with Crippen molar-refractivity contribution in [1.29, 1.82) is 0 Å². The van der Waals surface area contributed by atoms with Crippen LogP contribution in [-0.4, -0.2) is 4.98 Å². The van der Waals surface area contributed by atoms with E-state index in [1.54, 1.807) is 0 Å². The minimum Gasteiger partial charge on any atom is -0.321 e. The number of aromatic amines is 1. The van der Waals surface area contributed by atoms with Gasteiger partial charge in [0.05, 0.1) is 5.69 Å². The maximum Gasteiger partial charge on any atom is 0.256 e. The minimum absolute atomic E-state index is 0.0491. The molecule has 0 fully saturated rings. The zero-order valence-electron chi connectivity index (χ0n) is 10.4. The standard InChI is InChI=1S/C16H12BrNO/c1-10-14-9-12(17)7-8-13(14)16(19)18-15(10)11-5-3-2-4-6-11/h2-9H,1H3,(H,18,19). The molecule has 3 rings (SSSR count). The lowest BCUT2D eigenvalue weighted by molar-refractivity contribution is 1.24. The molecule has 0 radical (unpaired) electrons. The second-order valence-electron chi connectivity index (χ2n) is 4.51. The Kier molecular flexibility index (Phi) is 2.99. The van der Waals surface area contributed by atoms with Crippen molar-refractivity contribution in [3.8, 4) is 11.3 Å². The molecule has 1 aromatic heterocycles. The molecule has 3 heteroatoms. The van der Waals surface area contributed by atoms with Crippen LogP contribution in [0.2, 0.25) is 0 Å². The summed E-state index contributed by atoms with van der Waals surface area (Å²) in [5, 5.41) is 1.71. The number of aromatic nitrogens is 1. The largest absolute Gasteiger partial charge is 0.321 e. The number of aryl methyl sites for hydroxylation is 1. The molecule has 0 aliphatic carbocycles. The second-order valence-corrected chi connectivity index (χ2v) is 5.43. The van der Waals surface area contributed by atoms with Gasteiger partial charge in [-0.25, -0.2) is 0 Å². The first-order valence-corrected chi connectivity index (χ1v) is 6.83. The van der Waals surface area contributed by atoms with Crippen molar-refractivity contribution in [3.05, 3.63) is 68.9 Å². The first kappa shape index (κ1) is 12.2. The summed E-state index contributed by atoms with van der Waals surface area (Å²) < 4.78 is 0.979. The Balaban J connectivity index is 2.40. The average molecular weight is 314 g/mol. The van der Waals surface area contributed by atoms with E-state index in [1.807, 2.05) is 55.5 Å². The molecule has 0 atom stereocenters. The van der Waals surface area contributed by atoms with Gasteiger partial charge in [0.25, 0.3) is 5.56 Å². The first-order valence-electron chi connectivity index (χ1n) is 6.04. The predicted octanol–water partition coefficient (Wildman–Crippen LogP) is 4.27. The summed E-state index contributed by atoms with van der Waals surface area (Å²) in [4.78, 5) is 15.1. The molecule has 1 N–H and O–H groups in total. The summed E-state index contributed by atoms with van der Waals surface area (Å²) >= 11 is 3.46. The van der Waals surface area contributed by atoms with E-state index >= 15 is 0 Å². The van der Waals surface area contributed by atoms with E-state index in [2.05, 4.69) is 20.9 Å². The SMILES string of the molecule is Cc1c(-c2ccccc2)[nH]c(=O)c2ccc(Br)cc12. The van der Waals surface area contributed by atoms with Crippen LogP contribution in [0.3, 0.4) is 0 Å². The first-order chi connectivity index (χ1) is 9.16. The Hall–Kier alpha value is -1.87. The summed E-state index contributed by atoms with van der Waals surface area (Å²) in [6, 6.07) is 15.6. The molecule has 2 aromatic carbocycles. The van der Waals surface area contributed by atoms with Crippen LogP contribution in [0, 0.1) is 6.92 Å². The molecule has 2 nitrogen and oxygen atoms in total. The number of H-pyrrole nitrogens is 1. The van der Waals surface area contributed by atoms with Gasteiger partial charge in [-0.2, -0.15) is 0 Å². The fourth-order valence-electron chi connectivity index (χ4n) is 2.33. The summed E-state index contributed by atoms with van der Waals surface area (Å²) in [7, 11) is 0. The van der Waals surface area contributed by atoms with E-state index in [4.69, 9.17) is 0 Å². The Morgan fingerprint density at radius 3 is 2.47 bits per heavy atom. The van der Waals surface area contributed by atoms with Gasteiger partial charge in [0.15, 0.2) is 0 Å². The highest BCUT2D eigenvalue weighted by molar-refractivity contribution is 9.10. The van der Waals surface area contributed by atoms with Gasteiger partial charge in [0, 0.05) is 9.86 Å². The predicted molar refractivity (Wildman–Crippen MR) is 82.4 cm³/mol. The monoisotopic (exact) mass is 313 g/mol. The summed E-state index contributed by atoms with van der Waals surface area (Å²) in [5.74, 6) is 0. The number of nitrogens with one attached hydrogen (secondary N) is 1. The average Bonchev–Trinajstić information content (AvgIpc) is 2.43. The van der Waals surface area contributed by atoms with E-state index in [1.165, 1.54) is 0 Å². The fraction of sp³-hybridized carbons (Fsp3) is 0.0625. The van der Waals surface area contributed by atoms with Gasteiger partial charge >= 0.3 is 0 Å². The highest BCUT2D eigenvalue weighted by Crippen LogP contribution is 2.27. The summed E-state index contributed by atoms with van der Waals surface area (Å²) in [5.41, 5.74) is 2.95. The maximum absolute atomic E-state index is 12.2. The Morgan fingerprint density at radius 1 is 1.00 bits per heavy atom. The third-order valence-corrected chi connectivity index (χ3v) is 3.80. The van der Waals surface area contributed by atoms with Crippen molar-refractivity contribution in [2.75, 3.05) is 0 Å². The zero-order chi connectivity index (χ0) is 13.4. The molecule has 0 unspecified atom stereocenters. The number of fused-ring (bicyclic) bond motifs is 1. The molecule has 3 aromatic rings. The third kappa shape index (κ3) is 2.10. The number of benzene rings is 2. The van der Waals surface area contributed by atoms with Crippen LogP contribution >= 0.6 is 15.9 Å². The molecule has 0 spiro atoms. The smallest absolute Gasteiger partial charge is 0.256 e. The van der Waals surface area contributed by atoms with E-state index in [0.29, 0.717) is 0 Å². The van der Waals surface area contributed by atoms with Crippen LogP contribution in [0.5, 0.6) is 0 Å². The number of rotatable bonds is 1. The lowest BCUT2D eigenvalue weighted by Gasteiger charge is -2.09. The quantitative estimate of drug-likeness (QED) is 0.715. The Morgan fingerprint density at radius 2 is 1.74 bits per heavy atom. The lowest BCUT2D eigenvalue weighted by atomic mass is 10.0. The zero-order valence-corrected chi connectivity index (χ0v) is 12.0. The highest BCUT2D eigenvalue weighted by Gasteiger charge is 2.09. The molecule has 0 bridgehead atoms. The van der Waals surface area contributed by atoms with Gasteiger partial charge < -0.3 is 4.98 Å². The number of halogens is 1. The molecule has 0 saturated carbocycles. The lowest BCUT2D eigenvalue weighted by Crippen LogP contribution is -2.09. The third-order valence-electron chi connectivity index (χ3n) is 3.31. The van der Waals surface area contributed by atoms with Crippen LogP contribution in [0.25, 0.3) is 22.0 Å². The van der Waals surface area contributed by atoms with E-state index in [9.17, 15) is 4.79 Å². The molecule has 0 aliphatic heterocycles. The number of hydrogen-bond donors (Lipinski definition) is 1. The summed E-state index contributed by atoms with van der Waals surface area (Å²) in [6.45, 7) is 2.03. The number of hydrogen-bond acceptors (Lipinski definition) is 1. The van der Waals surface area contributed by atoms with Crippen molar-refractivity contribution in [1.82, 2.24) is 4.98 Å².